The van der Waals surface area contributed by atoms with E-state index in [1.807, 2.05) is 6.07 Å². The summed E-state index contributed by atoms with van der Waals surface area (Å²) < 4.78 is 32.0. The van der Waals surface area contributed by atoms with Crippen LogP contribution in [0.2, 0.25) is 0 Å². The fraction of sp³-hybridized carbons (Fsp3) is 0.0833. The number of rotatable bonds is 5. The lowest BCUT2D eigenvalue weighted by Crippen LogP contribution is -2.01. The van der Waals surface area contributed by atoms with E-state index in [2.05, 4.69) is 20.2 Å². The monoisotopic (exact) mass is 380 g/mol. The third-order valence-corrected chi connectivity index (χ3v) is 4.30. The van der Waals surface area contributed by atoms with Crippen molar-refractivity contribution in [2.75, 3.05) is 23.0 Å². The second kappa shape index (κ2) is 7.30. The molecule has 0 amide bonds. The van der Waals surface area contributed by atoms with Gasteiger partial charge in [0.25, 0.3) is 10.1 Å². The van der Waals surface area contributed by atoms with Crippen LogP contribution in [-0.2, 0) is 10.1 Å². The van der Waals surface area contributed by atoms with E-state index in [0.717, 1.165) is 17.8 Å². The van der Waals surface area contributed by atoms with Crippen LogP contribution in [0.5, 0.6) is 0 Å². The molecule has 7 N–H and O–H groups in total. The van der Waals surface area contributed by atoms with Crippen molar-refractivity contribution in [3.63, 3.8) is 0 Å². The Morgan fingerprint density at radius 3 is 2.40 bits per heavy atom. The highest BCUT2D eigenvalue weighted by molar-refractivity contribution is 7.99. The van der Waals surface area contributed by atoms with Gasteiger partial charge in [-0.15, -0.1) is 10.2 Å². The fourth-order valence-corrected chi connectivity index (χ4v) is 2.83. The number of thioether (sulfide) groups is 1. The van der Waals surface area contributed by atoms with E-state index in [4.69, 9.17) is 22.5 Å². The first-order valence-corrected chi connectivity index (χ1v) is 8.86. The van der Waals surface area contributed by atoms with Crippen LogP contribution in [0.4, 0.5) is 28.7 Å². The highest BCUT2D eigenvalue weighted by Gasteiger charge is 2.17. The van der Waals surface area contributed by atoms with Crippen molar-refractivity contribution < 1.29 is 13.0 Å². The maximum atomic E-state index is 11.4. The van der Waals surface area contributed by atoms with Crippen LogP contribution in [0, 0.1) is 11.3 Å². The zero-order valence-corrected chi connectivity index (χ0v) is 14.1. The minimum Gasteiger partial charge on any atom is -0.399 e. The molecular weight excluding hydrogens is 368 g/mol. The summed E-state index contributed by atoms with van der Waals surface area (Å²) in [6, 6.07) is 5.59. The van der Waals surface area contributed by atoms with Gasteiger partial charge in [-0.05, 0) is 18.2 Å². The Hall–Kier alpha value is -2.95. The molecule has 1 aromatic carbocycles. The molecule has 2 aromatic rings. The molecule has 0 bridgehead atoms. The van der Waals surface area contributed by atoms with Gasteiger partial charge in [-0.3, -0.25) is 4.55 Å². The van der Waals surface area contributed by atoms with Crippen molar-refractivity contribution in [1.82, 2.24) is 9.97 Å². The van der Waals surface area contributed by atoms with Gasteiger partial charge in [0.05, 0.1) is 11.8 Å². The molecule has 25 heavy (non-hydrogen) atoms. The van der Waals surface area contributed by atoms with Crippen molar-refractivity contribution in [2.24, 2.45) is 10.2 Å². The van der Waals surface area contributed by atoms with E-state index in [-0.39, 0.29) is 39.6 Å². The summed E-state index contributed by atoms with van der Waals surface area (Å²) >= 11 is 1.04. The van der Waals surface area contributed by atoms with Crippen LogP contribution in [0.1, 0.15) is 0 Å². The quantitative estimate of drug-likeness (QED) is 0.193. The molecule has 130 valence electrons. The summed E-state index contributed by atoms with van der Waals surface area (Å²) in [6.45, 7) is 0. The van der Waals surface area contributed by atoms with Crippen molar-refractivity contribution in [3.8, 4) is 6.07 Å². The van der Waals surface area contributed by atoms with Gasteiger partial charge < -0.3 is 17.2 Å². The molecule has 13 heteroatoms. The number of benzene rings is 1. The van der Waals surface area contributed by atoms with E-state index in [9.17, 15) is 13.0 Å². The van der Waals surface area contributed by atoms with Gasteiger partial charge in [0.1, 0.15) is 10.6 Å². The van der Waals surface area contributed by atoms with Gasteiger partial charge in [0, 0.05) is 5.69 Å². The number of nitrogens with two attached hydrogens (primary N) is 3. The highest BCUT2D eigenvalue weighted by Crippen LogP contribution is 2.32. The largest absolute Gasteiger partial charge is 0.399 e. The first-order valence-electron chi connectivity index (χ1n) is 6.44. The molecule has 11 nitrogen and oxygen atoms in total. The summed E-state index contributed by atoms with van der Waals surface area (Å²) in [4.78, 5) is 7.33. The van der Waals surface area contributed by atoms with Gasteiger partial charge in [-0.1, -0.05) is 11.8 Å². The number of nitrogens with zero attached hydrogens (tertiary/aromatic N) is 5. The van der Waals surface area contributed by atoms with Crippen LogP contribution < -0.4 is 17.2 Å². The third-order valence-electron chi connectivity index (χ3n) is 2.70. The summed E-state index contributed by atoms with van der Waals surface area (Å²) in [7, 11) is -4.56. The molecule has 0 spiro atoms. The average molecular weight is 380 g/mol. The van der Waals surface area contributed by atoms with Crippen LogP contribution in [-0.4, -0.2) is 28.7 Å². The van der Waals surface area contributed by atoms with E-state index in [1.165, 1.54) is 12.1 Å². The lowest BCUT2D eigenvalue weighted by Gasteiger charge is -2.05. The molecule has 0 saturated heterocycles. The van der Waals surface area contributed by atoms with Gasteiger partial charge in [0.2, 0.25) is 0 Å². The molecule has 0 aliphatic rings. The number of aromatic nitrogens is 2. The van der Waals surface area contributed by atoms with Gasteiger partial charge in [-0.25, -0.2) is 9.97 Å². The number of hydrogen-bond acceptors (Lipinski definition) is 11. The molecule has 0 aliphatic heterocycles. The third kappa shape index (κ3) is 4.53. The smallest absolute Gasteiger partial charge is 0.296 e. The lowest BCUT2D eigenvalue weighted by atomic mass is 10.3. The van der Waals surface area contributed by atoms with E-state index in [0.29, 0.717) is 0 Å². The van der Waals surface area contributed by atoms with E-state index >= 15 is 0 Å². The summed E-state index contributed by atoms with van der Waals surface area (Å²) in [6.07, 6.45) is 0. The highest BCUT2D eigenvalue weighted by atomic mass is 32.2. The molecular formula is C12H12N8O3S2. The summed E-state index contributed by atoms with van der Waals surface area (Å²) in [5, 5.41) is 16.2. The van der Waals surface area contributed by atoms with Gasteiger partial charge in [-0.2, -0.15) is 13.7 Å². The predicted octanol–water partition coefficient (Wildman–Crippen LogP) is 1.50. The fourth-order valence-electron chi connectivity index (χ4n) is 1.66. The summed E-state index contributed by atoms with van der Waals surface area (Å²) in [5.74, 6) is -0.0795. The predicted molar refractivity (Wildman–Crippen MR) is 92.0 cm³/mol. The summed E-state index contributed by atoms with van der Waals surface area (Å²) in [5.41, 5.74) is 16.9. The lowest BCUT2D eigenvalue weighted by molar-refractivity contribution is 0.483. The molecule has 0 saturated carbocycles. The minimum absolute atomic E-state index is 0.0700. The SMILES string of the molecule is N#CCSc1nc(N)c(/N=N/c2ccc(N)cc2S(=O)(=O)O)c(N)n1. The van der Waals surface area contributed by atoms with Gasteiger partial charge >= 0.3 is 0 Å². The Balaban J connectivity index is 2.43. The second-order valence-corrected chi connectivity index (χ2v) is 6.81. The molecule has 2 rings (SSSR count). The van der Waals surface area contributed by atoms with Crippen molar-refractivity contribution in [1.29, 1.82) is 5.26 Å². The average Bonchev–Trinajstić information content (AvgIpc) is 2.52. The molecule has 0 fully saturated rings. The number of hydrogen-bond donors (Lipinski definition) is 4. The van der Waals surface area contributed by atoms with Crippen molar-refractivity contribution in [2.45, 2.75) is 10.1 Å². The van der Waals surface area contributed by atoms with E-state index < -0.39 is 15.0 Å². The van der Waals surface area contributed by atoms with Crippen LogP contribution >= 0.6 is 11.8 Å². The first-order chi connectivity index (χ1) is 11.7. The maximum Gasteiger partial charge on any atom is 0.296 e. The second-order valence-electron chi connectivity index (χ2n) is 4.47. The first kappa shape index (κ1) is 18.4. The molecule has 0 unspecified atom stereocenters. The number of nitrogen functional groups attached to an aromatic ring is 3. The Labute approximate surface area is 146 Å². The molecule has 0 aliphatic carbocycles. The van der Waals surface area contributed by atoms with Crippen LogP contribution in [0.3, 0.4) is 0 Å². The molecule has 0 atom stereocenters. The Morgan fingerprint density at radius 2 is 1.84 bits per heavy atom. The number of azo groups is 1. The van der Waals surface area contributed by atoms with Crippen molar-refractivity contribution in [3.05, 3.63) is 18.2 Å². The Kier molecular flexibility index (Phi) is 5.37. The molecule has 1 aromatic heterocycles. The van der Waals surface area contributed by atoms with Gasteiger partial charge in [0.15, 0.2) is 22.5 Å². The standard InChI is InChI=1S/C12H12N8O3S2/c13-3-4-24-12-17-10(15)9(11(16)18-12)20-19-7-2-1-6(14)5-8(7)25(21,22)23/h1-2,5H,4,14H2,(H,21,22,23)(H4,15,16,17,18)/b20-19+. The number of anilines is 3. The minimum atomic E-state index is -4.56. The number of nitriles is 1. The zero-order chi connectivity index (χ0) is 18.6. The van der Waals surface area contributed by atoms with Crippen molar-refractivity contribution >= 4 is 50.6 Å². The maximum absolute atomic E-state index is 11.4. The van der Waals surface area contributed by atoms with Crippen LogP contribution in [0.25, 0.3) is 0 Å². The normalized spacial score (nSPS) is 11.5. The molecule has 1 heterocycles. The van der Waals surface area contributed by atoms with Crippen LogP contribution in [0.15, 0.2) is 38.5 Å². The van der Waals surface area contributed by atoms with E-state index in [1.54, 1.807) is 0 Å². The zero-order valence-electron chi connectivity index (χ0n) is 12.5. The Bertz CT molecular complexity index is 961. The molecule has 0 radical (unpaired) electrons. The topological polar surface area (TPSA) is 207 Å². The Morgan fingerprint density at radius 1 is 1.20 bits per heavy atom.